The summed E-state index contributed by atoms with van der Waals surface area (Å²) < 4.78 is 5.11. The Balaban J connectivity index is 1.81. The van der Waals surface area contributed by atoms with Crippen LogP contribution in [0.2, 0.25) is 0 Å². The maximum absolute atomic E-state index is 13.7. The lowest BCUT2D eigenvalue weighted by atomic mass is 9.73. The largest absolute Gasteiger partial charge is 0.385 e. The molecule has 0 bridgehead atoms. The number of methoxy groups -OCH3 is 1. The molecule has 192 valence electrons. The van der Waals surface area contributed by atoms with Crippen LogP contribution in [0.25, 0.3) is 0 Å². The van der Waals surface area contributed by atoms with Crippen LogP contribution in [-0.2, 0) is 14.3 Å². The van der Waals surface area contributed by atoms with Gasteiger partial charge in [0.2, 0.25) is 5.91 Å². The Kier molecular flexibility index (Phi) is 7.69. The van der Waals surface area contributed by atoms with E-state index in [1.807, 2.05) is 38.4 Å². The van der Waals surface area contributed by atoms with E-state index in [2.05, 4.69) is 58.5 Å². The number of fused-ring (bicyclic) bond motifs is 1. The van der Waals surface area contributed by atoms with Gasteiger partial charge in [-0.25, -0.2) is 0 Å². The van der Waals surface area contributed by atoms with Crippen LogP contribution in [0.1, 0.15) is 44.7 Å². The lowest BCUT2D eigenvalue weighted by Gasteiger charge is -2.38. The molecule has 1 amide bonds. The summed E-state index contributed by atoms with van der Waals surface area (Å²) in [4.78, 5) is 31.0. The molecule has 0 radical (unpaired) electrons. The van der Waals surface area contributed by atoms with Crippen LogP contribution >= 0.6 is 0 Å². The second kappa shape index (κ2) is 10.7. The Morgan fingerprint density at radius 3 is 2.56 bits per heavy atom. The summed E-state index contributed by atoms with van der Waals surface area (Å²) in [5, 5.41) is 6.62. The van der Waals surface area contributed by atoms with Crippen molar-refractivity contribution in [3.63, 3.8) is 0 Å². The minimum atomic E-state index is -0.374. The molecule has 1 atom stereocenters. The zero-order chi connectivity index (χ0) is 25.9. The first kappa shape index (κ1) is 25.8. The number of allylic oxidation sites excluding steroid dienone is 1. The molecule has 0 fully saturated rings. The van der Waals surface area contributed by atoms with E-state index in [9.17, 15) is 9.59 Å². The van der Waals surface area contributed by atoms with E-state index in [1.54, 1.807) is 7.11 Å². The number of ketones is 1. The van der Waals surface area contributed by atoms with Gasteiger partial charge in [0.05, 0.1) is 24.0 Å². The van der Waals surface area contributed by atoms with Gasteiger partial charge in [-0.05, 0) is 48.1 Å². The number of rotatable bonds is 8. The van der Waals surface area contributed by atoms with Crippen molar-refractivity contribution in [1.29, 1.82) is 0 Å². The molecule has 1 aliphatic carbocycles. The fraction of sp³-hybridized carbons (Fsp3) is 0.448. The molecule has 0 saturated carbocycles. The smallest absolute Gasteiger partial charge is 0.239 e. The van der Waals surface area contributed by atoms with Gasteiger partial charge in [0.25, 0.3) is 0 Å². The second-order valence-corrected chi connectivity index (χ2v) is 10.7. The molecule has 0 spiro atoms. The van der Waals surface area contributed by atoms with Crippen LogP contribution in [0.3, 0.4) is 0 Å². The minimum absolute atomic E-state index is 0.0801. The fourth-order valence-electron chi connectivity index (χ4n) is 5.18. The molecule has 1 aliphatic heterocycles. The van der Waals surface area contributed by atoms with E-state index in [0.29, 0.717) is 19.6 Å². The van der Waals surface area contributed by atoms with E-state index in [-0.39, 0.29) is 29.7 Å². The van der Waals surface area contributed by atoms with Gasteiger partial charge in [-0.15, -0.1) is 0 Å². The number of hydrogen-bond donors (Lipinski definition) is 2. The van der Waals surface area contributed by atoms with E-state index in [0.717, 1.165) is 46.7 Å². The normalized spacial score (nSPS) is 18.6. The Morgan fingerprint density at radius 2 is 1.86 bits per heavy atom. The first-order valence-corrected chi connectivity index (χ1v) is 12.6. The molecule has 0 saturated heterocycles. The number of ether oxygens (including phenoxy) is 1. The van der Waals surface area contributed by atoms with Crippen molar-refractivity contribution in [2.45, 2.75) is 39.2 Å². The Labute approximate surface area is 214 Å². The molecule has 2 N–H and O–H groups in total. The Morgan fingerprint density at radius 1 is 1.14 bits per heavy atom. The molecule has 7 nitrogen and oxygen atoms in total. The number of benzene rings is 2. The second-order valence-electron chi connectivity index (χ2n) is 10.7. The quantitative estimate of drug-likeness (QED) is 0.530. The van der Waals surface area contributed by atoms with Gasteiger partial charge in [-0.2, -0.15) is 0 Å². The number of hydrogen-bond acceptors (Lipinski definition) is 6. The highest BCUT2D eigenvalue weighted by molar-refractivity contribution is 6.01. The number of carbonyl (C=O) groups excluding carboxylic acids is 2. The number of Topliss-reactive ketones (excluding diaryl/α,β-unsaturated/α-hetero) is 1. The van der Waals surface area contributed by atoms with Crippen LogP contribution in [-0.4, -0.2) is 52.6 Å². The number of amides is 1. The molecule has 36 heavy (non-hydrogen) atoms. The van der Waals surface area contributed by atoms with Crippen molar-refractivity contribution >= 4 is 28.8 Å². The number of para-hydroxylation sites is 2. The summed E-state index contributed by atoms with van der Waals surface area (Å²) in [5.41, 5.74) is 5.47. The number of carbonyl (C=O) groups is 2. The third-order valence-corrected chi connectivity index (χ3v) is 6.89. The lowest BCUT2D eigenvalue weighted by molar-refractivity contribution is -0.120. The maximum Gasteiger partial charge on any atom is 0.239 e. The van der Waals surface area contributed by atoms with Crippen molar-refractivity contribution < 1.29 is 14.3 Å². The summed E-state index contributed by atoms with van der Waals surface area (Å²) in [6.07, 6.45) is 2.00. The molecule has 4 rings (SSSR count). The molecule has 2 aliphatic rings. The summed E-state index contributed by atoms with van der Waals surface area (Å²) in [7, 11) is 5.67. The predicted molar refractivity (Wildman–Crippen MR) is 145 cm³/mol. The maximum atomic E-state index is 13.7. The van der Waals surface area contributed by atoms with Gasteiger partial charge in [0, 0.05) is 57.7 Å². The van der Waals surface area contributed by atoms with Crippen molar-refractivity contribution in [1.82, 2.24) is 5.32 Å². The summed E-state index contributed by atoms with van der Waals surface area (Å²) >= 11 is 0. The number of nitrogens with zero attached hydrogens (tertiary/aromatic N) is 2. The Bertz CT molecular complexity index is 1140. The zero-order valence-electron chi connectivity index (χ0n) is 22.1. The average Bonchev–Trinajstić information content (AvgIpc) is 2.95. The van der Waals surface area contributed by atoms with Crippen molar-refractivity contribution in [2.75, 3.05) is 56.0 Å². The van der Waals surface area contributed by atoms with Gasteiger partial charge < -0.3 is 25.2 Å². The highest BCUT2D eigenvalue weighted by Gasteiger charge is 2.41. The van der Waals surface area contributed by atoms with Crippen molar-refractivity contribution in [3.05, 3.63) is 65.4 Å². The first-order valence-electron chi connectivity index (χ1n) is 12.6. The lowest BCUT2D eigenvalue weighted by Crippen LogP contribution is -2.42. The van der Waals surface area contributed by atoms with Crippen LogP contribution in [0.5, 0.6) is 0 Å². The first-order chi connectivity index (χ1) is 17.2. The summed E-state index contributed by atoms with van der Waals surface area (Å²) in [6.45, 7) is 5.56. The molecule has 7 heteroatoms. The molecule has 2 aromatic rings. The monoisotopic (exact) mass is 490 g/mol. The van der Waals surface area contributed by atoms with Gasteiger partial charge in [-0.1, -0.05) is 38.1 Å². The van der Waals surface area contributed by atoms with Gasteiger partial charge in [0.15, 0.2) is 5.78 Å². The molecule has 1 unspecified atom stereocenters. The minimum Gasteiger partial charge on any atom is -0.385 e. The topological polar surface area (TPSA) is 73.9 Å². The SMILES string of the molecule is COCCCNC(=O)CN1c2ccccc2NC2=C(C(=O)CC(C)(C)C2)C1c1ccc(N(C)C)cc1. The van der Waals surface area contributed by atoms with E-state index >= 15 is 0 Å². The van der Waals surface area contributed by atoms with Crippen molar-refractivity contribution in [3.8, 4) is 0 Å². The third kappa shape index (κ3) is 5.57. The molecular formula is C29H38N4O3. The fourth-order valence-corrected chi connectivity index (χ4v) is 5.18. The van der Waals surface area contributed by atoms with Gasteiger partial charge >= 0.3 is 0 Å². The standard InChI is InChI=1S/C29H38N4O3/c1-29(2)17-23-27(25(34)18-29)28(20-11-13-21(14-12-20)32(3)4)33(19-26(35)30-15-8-16-36-5)24-10-7-6-9-22(24)31-23/h6-7,9-14,28,31H,8,15-19H2,1-5H3,(H,30,35). The van der Waals surface area contributed by atoms with Gasteiger partial charge in [-0.3, -0.25) is 9.59 Å². The molecule has 2 aromatic carbocycles. The molecular weight excluding hydrogens is 452 g/mol. The number of anilines is 3. The van der Waals surface area contributed by atoms with E-state index in [4.69, 9.17) is 4.74 Å². The Hall–Kier alpha value is -3.32. The molecule has 0 aromatic heterocycles. The van der Waals surface area contributed by atoms with Crippen LogP contribution in [0.4, 0.5) is 17.1 Å². The third-order valence-electron chi connectivity index (χ3n) is 6.89. The average molecular weight is 491 g/mol. The van der Waals surface area contributed by atoms with Crippen LogP contribution < -0.4 is 20.4 Å². The van der Waals surface area contributed by atoms with Crippen LogP contribution in [0, 0.1) is 5.41 Å². The van der Waals surface area contributed by atoms with Gasteiger partial charge in [0.1, 0.15) is 0 Å². The summed E-state index contributed by atoms with van der Waals surface area (Å²) in [6, 6.07) is 15.9. The molecule has 1 heterocycles. The predicted octanol–water partition coefficient (Wildman–Crippen LogP) is 4.52. The highest BCUT2D eigenvalue weighted by atomic mass is 16.5. The van der Waals surface area contributed by atoms with E-state index in [1.165, 1.54) is 0 Å². The van der Waals surface area contributed by atoms with E-state index < -0.39 is 0 Å². The van der Waals surface area contributed by atoms with Crippen LogP contribution in [0.15, 0.2) is 59.8 Å². The zero-order valence-corrected chi connectivity index (χ0v) is 22.1. The van der Waals surface area contributed by atoms with Crippen molar-refractivity contribution in [2.24, 2.45) is 5.41 Å². The number of nitrogens with one attached hydrogen (secondary N) is 2. The highest BCUT2D eigenvalue weighted by Crippen LogP contribution is 2.48. The summed E-state index contributed by atoms with van der Waals surface area (Å²) in [5.74, 6) is 0.0530.